The predicted octanol–water partition coefficient (Wildman–Crippen LogP) is 0.767. The van der Waals surface area contributed by atoms with Gasteiger partial charge in [-0.05, 0) is 32.0 Å². The Kier molecular flexibility index (Phi) is 6.75. The van der Waals surface area contributed by atoms with Crippen molar-refractivity contribution in [3.05, 3.63) is 52.6 Å². The largest absolute Gasteiger partial charge is 0.465 e. The van der Waals surface area contributed by atoms with E-state index in [1.165, 1.54) is 40.5 Å². The summed E-state index contributed by atoms with van der Waals surface area (Å²) in [5, 5.41) is 13.6. The molecular weight excluding hydrogens is 432 g/mol. The Labute approximate surface area is 188 Å². The number of carbonyl (C=O) groups is 4. The molecule has 3 rings (SSSR count). The molecule has 0 bridgehead atoms. The molecule has 1 fully saturated rings. The van der Waals surface area contributed by atoms with Crippen LogP contribution in [0.1, 0.15) is 24.2 Å². The summed E-state index contributed by atoms with van der Waals surface area (Å²) in [5.41, 5.74) is -1.03. The number of carbonyl (C=O) groups excluding carboxylic acids is 3. The molecule has 0 atom stereocenters. The van der Waals surface area contributed by atoms with E-state index in [-0.39, 0.29) is 37.9 Å². The van der Waals surface area contributed by atoms with E-state index in [2.05, 4.69) is 15.6 Å². The van der Waals surface area contributed by atoms with Gasteiger partial charge in [0.1, 0.15) is 17.6 Å². The number of hydrogen-bond donors (Lipinski definition) is 3. The Bertz CT molecular complexity index is 1140. The van der Waals surface area contributed by atoms with Crippen molar-refractivity contribution in [1.82, 2.24) is 24.7 Å². The third-order valence-corrected chi connectivity index (χ3v) is 5.13. The molecular formula is C21H24N6O6. The molecule has 174 valence electrons. The lowest BCUT2D eigenvalue weighted by molar-refractivity contribution is -0.138. The Morgan fingerprint density at radius 3 is 2.36 bits per heavy atom. The van der Waals surface area contributed by atoms with Crippen molar-refractivity contribution in [1.29, 1.82) is 0 Å². The van der Waals surface area contributed by atoms with E-state index in [9.17, 15) is 24.0 Å². The van der Waals surface area contributed by atoms with Crippen molar-refractivity contribution >= 4 is 30.1 Å². The fourth-order valence-electron chi connectivity index (χ4n) is 3.43. The number of piperazine rings is 1. The highest BCUT2D eigenvalue weighted by atomic mass is 16.4. The number of carboxylic acid groups (broad SMARTS) is 1. The maximum absolute atomic E-state index is 12.6. The van der Waals surface area contributed by atoms with Gasteiger partial charge >= 0.3 is 17.8 Å². The van der Waals surface area contributed by atoms with E-state index < -0.39 is 23.4 Å². The molecule has 1 saturated heterocycles. The van der Waals surface area contributed by atoms with Crippen LogP contribution in [0, 0.1) is 0 Å². The molecule has 0 aliphatic carbocycles. The lowest BCUT2D eigenvalue weighted by Gasteiger charge is -2.38. The molecule has 0 saturated carbocycles. The minimum atomic E-state index is -1.29. The van der Waals surface area contributed by atoms with Gasteiger partial charge in [0.25, 0.3) is 0 Å². The van der Waals surface area contributed by atoms with Crippen molar-refractivity contribution in [3.63, 3.8) is 0 Å². The number of aldehydes is 1. The number of nitrogens with one attached hydrogen (secondary N) is 2. The minimum Gasteiger partial charge on any atom is -0.465 e. The molecule has 0 spiro atoms. The van der Waals surface area contributed by atoms with E-state index in [0.717, 1.165) is 0 Å². The van der Waals surface area contributed by atoms with Gasteiger partial charge in [-0.1, -0.05) is 12.1 Å². The van der Waals surface area contributed by atoms with E-state index in [0.29, 0.717) is 17.5 Å². The highest BCUT2D eigenvalue weighted by Crippen LogP contribution is 2.13. The highest BCUT2D eigenvalue weighted by Gasteiger charge is 2.35. The Morgan fingerprint density at radius 2 is 1.76 bits per heavy atom. The number of nitrogens with zero attached hydrogens (tertiary/aromatic N) is 4. The monoisotopic (exact) mass is 456 g/mol. The molecule has 1 aromatic carbocycles. The maximum atomic E-state index is 12.6. The number of anilines is 1. The second-order valence-electron chi connectivity index (χ2n) is 7.94. The van der Waals surface area contributed by atoms with Gasteiger partial charge in [-0.25, -0.2) is 14.4 Å². The van der Waals surface area contributed by atoms with Crippen LogP contribution in [-0.2, 0) is 4.79 Å². The van der Waals surface area contributed by atoms with Crippen LogP contribution in [-0.4, -0.2) is 80.5 Å². The zero-order chi connectivity index (χ0) is 24.2. The summed E-state index contributed by atoms with van der Waals surface area (Å²) in [5.74, 6) is -0.313. The molecule has 0 radical (unpaired) electrons. The third kappa shape index (κ3) is 5.53. The summed E-state index contributed by atoms with van der Waals surface area (Å²) in [6.07, 6.45) is 0.827. The molecule has 12 nitrogen and oxygen atoms in total. The SMILES string of the molecule is CC(C)(NC(=O)O)C(=O)N1CCN(C(=O)Nc2ccn(-c3cccc(C=O)c3)c(=O)n2)CC1. The molecule has 0 unspecified atom stereocenters. The zero-order valence-electron chi connectivity index (χ0n) is 18.1. The van der Waals surface area contributed by atoms with Crippen LogP contribution >= 0.6 is 0 Å². The fourth-order valence-corrected chi connectivity index (χ4v) is 3.43. The summed E-state index contributed by atoms with van der Waals surface area (Å²) in [7, 11) is 0. The van der Waals surface area contributed by atoms with Crippen LogP contribution in [0.15, 0.2) is 41.3 Å². The standard InChI is InChI=1S/C21H24N6O6/c1-21(2,24-20(32)33)17(29)25-8-10-26(11-9-25)18(30)22-16-6-7-27(19(31)23-16)15-5-3-4-14(12-15)13-28/h3-7,12-13,24H,8-11H2,1-2H3,(H,32,33)(H,22,23,30,31). The van der Waals surface area contributed by atoms with Crippen LogP contribution in [0.5, 0.6) is 0 Å². The number of urea groups is 1. The van der Waals surface area contributed by atoms with Crippen molar-refractivity contribution in [2.45, 2.75) is 19.4 Å². The van der Waals surface area contributed by atoms with Crippen molar-refractivity contribution < 1.29 is 24.3 Å². The zero-order valence-corrected chi connectivity index (χ0v) is 18.1. The maximum Gasteiger partial charge on any atom is 0.405 e. The molecule has 1 aliphatic heterocycles. The first-order valence-electron chi connectivity index (χ1n) is 10.1. The predicted molar refractivity (Wildman–Crippen MR) is 118 cm³/mol. The van der Waals surface area contributed by atoms with Crippen molar-refractivity contribution in [2.75, 3.05) is 31.5 Å². The van der Waals surface area contributed by atoms with Gasteiger partial charge in [0.15, 0.2) is 0 Å². The Morgan fingerprint density at radius 1 is 1.09 bits per heavy atom. The average Bonchev–Trinajstić information content (AvgIpc) is 2.78. The van der Waals surface area contributed by atoms with E-state index >= 15 is 0 Å². The van der Waals surface area contributed by atoms with Gasteiger partial charge < -0.3 is 20.2 Å². The first kappa shape index (κ1) is 23.4. The molecule has 2 heterocycles. The minimum absolute atomic E-state index is 0.0677. The summed E-state index contributed by atoms with van der Waals surface area (Å²) >= 11 is 0. The number of hydrogen-bond acceptors (Lipinski definition) is 6. The number of aromatic nitrogens is 2. The number of amides is 4. The quantitative estimate of drug-likeness (QED) is 0.562. The van der Waals surface area contributed by atoms with Gasteiger partial charge in [-0.3, -0.25) is 19.5 Å². The summed E-state index contributed by atoms with van der Waals surface area (Å²) in [6, 6.07) is 7.44. The van der Waals surface area contributed by atoms with Gasteiger partial charge in [0.2, 0.25) is 5.91 Å². The average molecular weight is 456 g/mol. The Balaban J connectivity index is 1.61. The topological polar surface area (TPSA) is 154 Å². The van der Waals surface area contributed by atoms with Crippen molar-refractivity contribution in [2.24, 2.45) is 0 Å². The normalized spacial score (nSPS) is 13.9. The molecule has 4 amide bonds. The van der Waals surface area contributed by atoms with Crippen LogP contribution < -0.4 is 16.3 Å². The van der Waals surface area contributed by atoms with E-state index in [1.807, 2.05) is 0 Å². The second-order valence-corrected chi connectivity index (χ2v) is 7.94. The second kappa shape index (κ2) is 9.51. The molecule has 2 aromatic rings. The summed E-state index contributed by atoms with van der Waals surface area (Å²) < 4.78 is 1.25. The first-order valence-corrected chi connectivity index (χ1v) is 10.1. The third-order valence-electron chi connectivity index (χ3n) is 5.13. The van der Waals surface area contributed by atoms with Crippen LogP contribution in [0.2, 0.25) is 0 Å². The van der Waals surface area contributed by atoms with Crippen LogP contribution in [0.25, 0.3) is 5.69 Å². The molecule has 1 aliphatic rings. The van der Waals surface area contributed by atoms with Crippen molar-refractivity contribution in [3.8, 4) is 5.69 Å². The van der Waals surface area contributed by atoms with E-state index in [1.54, 1.807) is 24.3 Å². The van der Waals surface area contributed by atoms with Crippen LogP contribution in [0.4, 0.5) is 15.4 Å². The van der Waals surface area contributed by atoms with Crippen LogP contribution in [0.3, 0.4) is 0 Å². The first-order chi connectivity index (χ1) is 15.6. The van der Waals surface area contributed by atoms with E-state index in [4.69, 9.17) is 5.11 Å². The number of benzene rings is 1. The smallest absolute Gasteiger partial charge is 0.405 e. The van der Waals surface area contributed by atoms with Gasteiger partial charge in [0.05, 0.1) is 5.69 Å². The summed E-state index contributed by atoms with van der Waals surface area (Å²) in [6.45, 7) is 3.89. The Hall–Kier alpha value is -4.22. The van der Waals surface area contributed by atoms with Gasteiger partial charge in [-0.15, -0.1) is 0 Å². The molecule has 1 aromatic heterocycles. The highest BCUT2D eigenvalue weighted by molar-refractivity contribution is 5.90. The molecule has 33 heavy (non-hydrogen) atoms. The fraction of sp³-hybridized carbons (Fsp3) is 0.333. The lowest BCUT2D eigenvalue weighted by atomic mass is 10.0. The summed E-state index contributed by atoms with van der Waals surface area (Å²) in [4.78, 5) is 66.2. The molecule has 3 N–H and O–H groups in total. The van der Waals surface area contributed by atoms with Gasteiger partial charge in [0, 0.05) is 37.9 Å². The van der Waals surface area contributed by atoms with Gasteiger partial charge in [-0.2, -0.15) is 4.98 Å². The molecule has 12 heteroatoms. The lowest BCUT2D eigenvalue weighted by Crippen LogP contribution is -2.60. The number of rotatable bonds is 5.